The molecule has 5 heterocycles. The average molecular weight is 518 g/mol. The summed E-state index contributed by atoms with van der Waals surface area (Å²) in [6.07, 6.45) is -2.24. The maximum atomic E-state index is 13.3. The van der Waals surface area contributed by atoms with Gasteiger partial charge in [0.15, 0.2) is 10.7 Å². The topological polar surface area (TPSA) is 98.9 Å². The summed E-state index contributed by atoms with van der Waals surface area (Å²) in [5, 5.41) is -0.961. The number of hydrogen-bond donors (Lipinski definition) is 0. The molecule has 13 heteroatoms. The van der Waals surface area contributed by atoms with Crippen molar-refractivity contribution in [2.75, 3.05) is 18.0 Å². The van der Waals surface area contributed by atoms with Crippen LogP contribution in [0.15, 0.2) is 29.3 Å². The molecule has 0 amide bonds. The average Bonchev–Trinajstić information content (AvgIpc) is 3.31. The van der Waals surface area contributed by atoms with Crippen LogP contribution in [0.1, 0.15) is 35.0 Å². The summed E-state index contributed by atoms with van der Waals surface area (Å²) in [5.74, 6) is 0.307. The highest BCUT2D eigenvalue weighted by molar-refractivity contribution is 7.15. The predicted molar refractivity (Wildman–Crippen MR) is 128 cm³/mol. The van der Waals surface area contributed by atoms with Crippen LogP contribution in [0, 0.1) is 13.8 Å². The van der Waals surface area contributed by atoms with E-state index in [1.54, 1.807) is 33.2 Å². The van der Waals surface area contributed by atoms with Gasteiger partial charge in [-0.25, -0.2) is 19.9 Å². The maximum absolute atomic E-state index is 13.3. The Hall–Kier alpha value is -3.45. The molecule has 2 atom stereocenters. The van der Waals surface area contributed by atoms with E-state index in [1.165, 1.54) is 10.6 Å². The number of nitrogens with zero attached hydrogens (tertiary/aromatic N) is 7. The van der Waals surface area contributed by atoms with Crippen molar-refractivity contribution in [1.82, 2.24) is 29.5 Å². The molecule has 4 aromatic heterocycles. The van der Waals surface area contributed by atoms with Crippen molar-refractivity contribution in [2.45, 2.75) is 39.2 Å². The number of fused-ring (bicyclic) bond motifs is 1. The van der Waals surface area contributed by atoms with E-state index < -0.39 is 11.2 Å². The van der Waals surface area contributed by atoms with Crippen LogP contribution in [-0.4, -0.2) is 48.7 Å². The van der Waals surface area contributed by atoms with E-state index in [-0.39, 0.29) is 34.0 Å². The van der Waals surface area contributed by atoms with Gasteiger partial charge < -0.3 is 14.2 Å². The predicted octanol–water partition coefficient (Wildman–Crippen LogP) is 3.84. The van der Waals surface area contributed by atoms with Crippen molar-refractivity contribution in [3.05, 3.63) is 56.8 Å². The molecule has 5 rings (SSSR count). The molecule has 1 fully saturated rings. The Kier molecular flexibility index (Phi) is 5.99. The van der Waals surface area contributed by atoms with Gasteiger partial charge in [-0.15, -0.1) is 11.3 Å². The molecule has 0 saturated carbocycles. The molecule has 0 radical (unpaired) electrons. The highest BCUT2D eigenvalue weighted by atomic mass is 32.1. The molecule has 1 saturated heterocycles. The molecule has 4 aromatic rings. The zero-order valence-electron chi connectivity index (χ0n) is 19.9. The normalized spacial score (nSPS) is 18.7. The second-order valence-electron chi connectivity index (χ2n) is 8.72. The fraction of sp³-hybridized carbons (Fsp3) is 0.391. The van der Waals surface area contributed by atoms with Crippen LogP contribution in [0.5, 0.6) is 0 Å². The first-order chi connectivity index (χ1) is 17.0. The van der Waals surface area contributed by atoms with Gasteiger partial charge in [0.1, 0.15) is 17.3 Å². The van der Waals surface area contributed by atoms with Gasteiger partial charge in [0.25, 0.3) is 0 Å². The molecule has 0 spiro atoms. The van der Waals surface area contributed by atoms with E-state index in [0.29, 0.717) is 47.3 Å². The van der Waals surface area contributed by atoms with Crippen molar-refractivity contribution in [3.8, 4) is 10.6 Å². The van der Waals surface area contributed by atoms with Gasteiger partial charge in [0.05, 0.1) is 28.9 Å². The van der Waals surface area contributed by atoms with Crippen LogP contribution in [-0.2, 0) is 18.0 Å². The fourth-order valence-electron chi connectivity index (χ4n) is 4.03. The minimum Gasteiger partial charge on any atom is -0.367 e. The van der Waals surface area contributed by atoms with Gasteiger partial charge >= 0.3 is 6.18 Å². The largest absolute Gasteiger partial charge is 0.443 e. The molecule has 9 nitrogen and oxygen atoms in total. The summed E-state index contributed by atoms with van der Waals surface area (Å²) in [7, 11) is 1.67. The van der Waals surface area contributed by atoms with E-state index in [0.717, 1.165) is 11.8 Å². The van der Waals surface area contributed by atoms with Crippen LogP contribution < -0.4 is 10.5 Å². The molecule has 1 aliphatic heterocycles. The molecule has 188 valence electrons. The van der Waals surface area contributed by atoms with Gasteiger partial charge in [-0.3, -0.25) is 4.79 Å². The highest BCUT2D eigenvalue weighted by Crippen LogP contribution is 2.38. The third kappa shape index (κ3) is 4.55. The Morgan fingerprint density at radius 1 is 1.08 bits per heavy atom. The standard InChI is InChI=1S/C23H22F3N7O2S/c1-11-8-33(10-15(35-11)14-5-6-17(34)32(4)9-14)22-30-18(16-7-27-21(36-16)23(24,25)26)19-20(31-22)29-13(3)12(2)28-19/h5-7,9,11,15H,8,10H2,1-4H3. The summed E-state index contributed by atoms with van der Waals surface area (Å²) < 4.78 is 47.4. The smallest absolute Gasteiger partial charge is 0.367 e. The molecule has 1 aliphatic rings. The third-order valence-electron chi connectivity index (χ3n) is 5.94. The summed E-state index contributed by atoms with van der Waals surface area (Å²) in [6, 6.07) is 3.21. The van der Waals surface area contributed by atoms with Crippen molar-refractivity contribution < 1.29 is 17.9 Å². The van der Waals surface area contributed by atoms with Crippen LogP contribution in [0.2, 0.25) is 0 Å². The Morgan fingerprint density at radius 3 is 2.53 bits per heavy atom. The van der Waals surface area contributed by atoms with Crippen molar-refractivity contribution >= 4 is 28.4 Å². The number of hydrogen-bond acceptors (Lipinski definition) is 9. The minimum absolute atomic E-state index is 0.131. The van der Waals surface area contributed by atoms with Gasteiger partial charge in [-0.1, -0.05) is 0 Å². The number of rotatable bonds is 3. The van der Waals surface area contributed by atoms with Gasteiger partial charge in [0.2, 0.25) is 11.5 Å². The van der Waals surface area contributed by atoms with Crippen molar-refractivity contribution in [3.63, 3.8) is 0 Å². The molecule has 2 unspecified atom stereocenters. The Morgan fingerprint density at radius 2 is 1.83 bits per heavy atom. The number of anilines is 1. The molecule has 0 aliphatic carbocycles. The van der Waals surface area contributed by atoms with E-state index >= 15 is 0 Å². The number of pyridine rings is 1. The van der Waals surface area contributed by atoms with E-state index in [1.807, 2.05) is 11.8 Å². The molecular formula is C23H22F3N7O2S. The second kappa shape index (κ2) is 8.89. The minimum atomic E-state index is -4.56. The second-order valence-corrected chi connectivity index (χ2v) is 9.75. The molecular weight excluding hydrogens is 495 g/mol. The Balaban J connectivity index is 1.61. The first kappa shape index (κ1) is 24.3. The summed E-state index contributed by atoms with van der Waals surface area (Å²) >= 11 is 0.504. The van der Waals surface area contributed by atoms with E-state index in [9.17, 15) is 18.0 Å². The fourth-order valence-corrected chi connectivity index (χ4v) is 4.81. The lowest BCUT2D eigenvalue weighted by Gasteiger charge is -2.37. The number of morpholine rings is 1. The third-order valence-corrected chi connectivity index (χ3v) is 6.98. The summed E-state index contributed by atoms with van der Waals surface area (Å²) in [6.45, 7) is 6.32. The van der Waals surface area contributed by atoms with Crippen LogP contribution in [0.4, 0.5) is 19.1 Å². The number of thiazole rings is 1. The van der Waals surface area contributed by atoms with Crippen LogP contribution in [0.25, 0.3) is 21.7 Å². The van der Waals surface area contributed by atoms with Gasteiger partial charge in [-0.2, -0.15) is 18.2 Å². The van der Waals surface area contributed by atoms with Crippen LogP contribution >= 0.6 is 11.3 Å². The zero-order valence-corrected chi connectivity index (χ0v) is 20.7. The number of aromatic nitrogens is 6. The lowest BCUT2D eigenvalue weighted by Crippen LogP contribution is -2.44. The zero-order chi connectivity index (χ0) is 25.8. The maximum Gasteiger partial charge on any atom is 0.443 e. The van der Waals surface area contributed by atoms with Crippen LogP contribution in [0.3, 0.4) is 0 Å². The molecule has 0 bridgehead atoms. The monoisotopic (exact) mass is 517 g/mol. The molecule has 0 aromatic carbocycles. The Labute approximate surface area is 207 Å². The number of aryl methyl sites for hydroxylation is 3. The van der Waals surface area contributed by atoms with Gasteiger partial charge in [0, 0.05) is 32.1 Å². The van der Waals surface area contributed by atoms with Crippen molar-refractivity contribution in [2.24, 2.45) is 7.05 Å². The first-order valence-electron chi connectivity index (χ1n) is 11.1. The molecule has 0 N–H and O–H groups in total. The van der Waals surface area contributed by atoms with Gasteiger partial charge in [-0.05, 0) is 32.4 Å². The lowest BCUT2D eigenvalue weighted by atomic mass is 10.1. The number of alkyl halides is 3. The summed E-state index contributed by atoms with van der Waals surface area (Å²) in [5.41, 5.74) is 2.84. The highest BCUT2D eigenvalue weighted by Gasteiger charge is 2.35. The van der Waals surface area contributed by atoms with E-state index in [2.05, 4.69) is 24.9 Å². The summed E-state index contributed by atoms with van der Waals surface area (Å²) in [4.78, 5) is 35.9. The van der Waals surface area contributed by atoms with Crippen molar-refractivity contribution in [1.29, 1.82) is 0 Å². The molecule has 36 heavy (non-hydrogen) atoms. The Bertz CT molecular complexity index is 1520. The first-order valence-corrected chi connectivity index (χ1v) is 11.9. The van der Waals surface area contributed by atoms with E-state index in [4.69, 9.17) is 4.74 Å². The quantitative estimate of drug-likeness (QED) is 0.404. The lowest BCUT2D eigenvalue weighted by molar-refractivity contribution is -0.137. The number of ether oxygens (including phenoxy) is 1. The SMILES string of the molecule is Cc1nc2nc(N3CC(C)OC(c4ccc(=O)n(C)c4)C3)nc(-c3cnc(C(F)(F)F)s3)c2nc1C. The number of halogens is 3.